The molecule has 9 heteroatoms. The first-order valence-corrected chi connectivity index (χ1v) is 16.4. The molecule has 0 aliphatic carbocycles. The minimum atomic E-state index is 0.0594. The predicted octanol–water partition coefficient (Wildman–Crippen LogP) is 6.63. The number of amides is 2. The van der Waals surface area contributed by atoms with Crippen LogP contribution in [0, 0.1) is 0 Å². The monoisotopic (exact) mass is 591 g/mol. The second-order valence-corrected chi connectivity index (χ2v) is 12.0. The number of carbonyl (C=O) groups is 2. The number of nitrogens with zero attached hydrogens (tertiary/aromatic N) is 5. The molecule has 2 heterocycles. The van der Waals surface area contributed by atoms with Crippen LogP contribution in [0.5, 0.6) is 5.75 Å². The number of unbranched alkanes of at least 4 members (excludes halogenated alkanes) is 5. The van der Waals surface area contributed by atoms with E-state index in [1.807, 2.05) is 64.4 Å². The summed E-state index contributed by atoms with van der Waals surface area (Å²) in [5.41, 5.74) is 1.91. The van der Waals surface area contributed by atoms with Crippen LogP contribution in [-0.2, 0) is 9.59 Å². The first-order chi connectivity index (χ1) is 20.5. The summed E-state index contributed by atoms with van der Waals surface area (Å²) in [5, 5.41) is 9.82. The molecule has 1 fully saturated rings. The lowest BCUT2D eigenvalue weighted by Crippen LogP contribution is -2.55. The van der Waals surface area contributed by atoms with Crippen LogP contribution in [0.4, 0.5) is 0 Å². The summed E-state index contributed by atoms with van der Waals surface area (Å²) in [6.45, 7) is 6.13. The summed E-state index contributed by atoms with van der Waals surface area (Å²) < 4.78 is 7.48. The fourth-order valence-corrected chi connectivity index (χ4v) is 6.31. The van der Waals surface area contributed by atoms with E-state index in [9.17, 15) is 9.59 Å². The van der Waals surface area contributed by atoms with E-state index in [1.54, 1.807) is 18.9 Å². The van der Waals surface area contributed by atoms with Crippen molar-refractivity contribution < 1.29 is 14.3 Å². The lowest BCUT2D eigenvalue weighted by molar-refractivity contribution is -0.142. The lowest BCUT2D eigenvalue weighted by atomic mass is 10.1. The van der Waals surface area contributed by atoms with Gasteiger partial charge in [0, 0.05) is 55.5 Å². The van der Waals surface area contributed by atoms with Gasteiger partial charge in [0.15, 0.2) is 11.0 Å². The highest BCUT2D eigenvalue weighted by molar-refractivity contribution is 7.99. The third kappa shape index (κ3) is 8.60. The van der Waals surface area contributed by atoms with E-state index in [0.717, 1.165) is 53.0 Å². The maximum atomic E-state index is 13.0. The van der Waals surface area contributed by atoms with E-state index in [4.69, 9.17) is 4.74 Å². The molecule has 0 N–H and O–H groups in total. The van der Waals surface area contributed by atoms with Gasteiger partial charge in [0.05, 0.1) is 7.11 Å². The second-order valence-electron chi connectivity index (χ2n) is 11.0. The summed E-state index contributed by atoms with van der Waals surface area (Å²) in [6.07, 6.45) is 8.92. The highest BCUT2D eigenvalue weighted by Crippen LogP contribution is 2.30. The fourth-order valence-electron chi connectivity index (χ4n) is 5.42. The third-order valence-electron chi connectivity index (χ3n) is 7.79. The first kappa shape index (κ1) is 31.6. The molecule has 1 saturated heterocycles. The van der Waals surface area contributed by atoms with E-state index in [1.165, 1.54) is 25.7 Å². The van der Waals surface area contributed by atoms with E-state index >= 15 is 0 Å². The number of piperazine rings is 1. The normalized spacial score (nSPS) is 15.2. The van der Waals surface area contributed by atoms with E-state index < -0.39 is 0 Å². The van der Waals surface area contributed by atoms with Crippen molar-refractivity contribution in [1.29, 1.82) is 0 Å². The molecule has 2 aromatic carbocycles. The van der Waals surface area contributed by atoms with Crippen molar-refractivity contribution in [1.82, 2.24) is 24.6 Å². The zero-order valence-corrected chi connectivity index (χ0v) is 26.2. The summed E-state index contributed by atoms with van der Waals surface area (Å²) in [4.78, 5) is 29.7. The van der Waals surface area contributed by atoms with Gasteiger partial charge in [-0.3, -0.25) is 14.2 Å². The van der Waals surface area contributed by atoms with Crippen LogP contribution in [-0.4, -0.2) is 74.9 Å². The Kier molecular flexibility index (Phi) is 12.3. The highest BCUT2D eigenvalue weighted by atomic mass is 32.2. The number of hydrogen-bond acceptors (Lipinski definition) is 6. The molecule has 2 amide bonds. The molecule has 0 saturated carbocycles. The average Bonchev–Trinajstić information content (AvgIpc) is 3.45. The number of para-hydroxylation sites is 1. The van der Waals surface area contributed by atoms with Crippen LogP contribution in [0.1, 0.15) is 71.6 Å². The molecule has 8 nitrogen and oxygen atoms in total. The Labute approximate surface area is 254 Å². The molecule has 1 aromatic heterocycles. The predicted molar refractivity (Wildman–Crippen MR) is 169 cm³/mol. The topological polar surface area (TPSA) is 80.6 Å². The van der Waals surface area contributed by atoms with E-state index in [-0.39, 0.29) is 17.9 Å². The summed E-state index contributed by atoms with van der Waals surface area (Å²) in [7, 11) is 1.65. The number of methoxy groups -OCH3 is 1. The van der Waals surface area contributed by atoms with E-state index in [0.29, 0.717) is 32.5 Å². The van der Waals surface area contributed by atoms with Crippen LogP contribution < -0.4 is 4.74 Å². The van der Waals surface area contributed by atoms with Gasteiger partial charge >= 0.3 is 0 Å². The highest BCUT2D eigenvalue weighted by Gasteiger charge is 2.29. The van der Waals surface area contributed by atoms with Gasteiger partial charge in [-0.25, -0.2) is 0 Å². The summed E-state index contributed by atoms with van der Waals surface area (Å²) in [6, 6.07) is 18.0. The molecule has 1 aliphatic rings. The Morgan fingerprint density at radius 2 is 1.67 bits per heavy atom. The Balaban J connectivity index is 1.27. The number of hydrogen-bond donors (Lipinski definition) is 0. The minimum absolute atomic E-state index is 0.0594. The quantitative estimate of drug-likeness (QED) is 0.146. The smallest absolute Gasteiger partial charge is 0.222 e. The molecule has 4 rings (SSSR count). The van der Waals surface area contributed by atoms with Crippen molar-refractivity contribution in [2.24, 2.45) is 0 Å². The molecule has 226 valence electrons. The third-order valence-corrected chi connectivity index (χ3v) is 8.80. The van der Waals surface area contributed by atoms with Crippen LogP contribution in [0.2, 0.25) is 0 Å². The zero-order chi connectivity index (χ0) is 29.7. The van der Waals surface area contributed by atoms with Crippen molar-refractivity contribution in [3.8, 4) is 22.8 Å². The van der Waals surface area contributed by atoms with Crippen LogP contribution >= 0.6 is 11.8 Å². The molecule has 0 radical (unpaired) electrons. The van der Waals surface area contributed by atoms with Crippen LogP contribution in [0.3, 0.4) is 0 Å². The summed E-state index contributed by atoms with van der Waals surface area (Å²) >= 11 is 1.61. The lowest BCUT2D eigenvalue weighted by Gasteiger charge is -2.40. The van der Waals surface area contributed by atoms with Crippen molar-refractivity contribution in [2.45, 2.75) is 82.8 Å². The van der Waals surface area contributed by atoms with Crippen molar-refractivity contribution in [3.05, 3.63) is 54.6 Å². The molecule has 42 heavy (non-hydrogen) atoms. The zero-order valence-electron chi connectivity index (χ0n) is 25.3. The largest absolute Gasteiger partial charge is 0.497 e. The van der Waals surface area contributed by atoms with Gasteiger partial charge in [-0.15, -0.1) is 10.2 Å². The van der Waals surface area contributed by atoms with E-state index in [2.05, 4.69) is 28.6 Å². The molecule has 3 aromatic rings. The Hall–Kier alpha value is -3.33. The molecule has 0 bridgehead atoms. The molecular formula is C33H45N5O3S. The van der Waals surface area contributed by atoms with Gasteiger partial charge in [0.2, 0.25) is 11.8 Å². The van der Waals surface area contributed by atoms with Gasteiger partial charge in [0.25, 0.3) is 0 Å². The molecule has 1 aliphatic heterocycles. The average molecular weight is 592 g/mol. The van der Waals surface area contributed by atoms with Crippen LogP contribution in [0.15, 0.2) is 59.8 Å². The second kappa shape index (κ2) is 16.3. The Bertz CT molecular complexity index is 1280. The minimum Gasteiger partial charge on any atom is -0.497 e. The molecule has 0 spiro atoms. The van der Waals surface area contributed by atoms with Crippen molar-refractivity contribution >= 4 is 23.6 Å². The number of carbonyl (C=O) groups excluding carboxylic acids is 2. The standard InChI is InChI=1S/C33H45N5O3S/c1-4-5-6-7-8-12-19-31(40)37-22-21-36(25-26(37)2)30(39)20-14-23-42-33-35-34-32(27-15-13-18-29(24-27)41-3)38(33)28-16-10-9-11-17-28/h9-11,13,15-18,24,26H,4-8,12,14,19-23,25H2,1-3H3. The van der Waals surface area contributed by atoms with Crippen molar-refractivity contribution in [2.75, 3.05) is 32.5 Å². The van der Waals surface area contributed by atoms with Gasteiger partial charge in [0.1, 0.15) is 5.75 Å². The van der Waals surface area contributed by atoms with Gasteiger partial charge in [-0.2, -0.15) is 0 Å². The number of rotatable bonds is 15. The SMILES string of the molecule is CCCCCCCCC(=O)N1CCN(C(=O)CCCSc2nnc(-c3cccc(OC)c3)n2-c2ccccc2)CC1C. The Morgan fingerprint density at radius 3 is 2.43 bits per heavy atom. The number of thioether (sulfide) groups is 1. The maximum absolute atomic E-state index is 13.0. The molecule has 1 atom stereocenters. The van der Waals surface area contributed by atoms with Crippen LogP contribution in [0.25, 0.3) is 17.1 Å². The molecule has 1 unspecified atom stereocenters. The van der Waals surface area contributed by atoms with Gasteiger partial charge in [-0.05, 0) is 44.0 Å². The number of benzene rings is 2. The first-order valence-electron chi connectivity index (χ1n) is 15.4. The fraction of sp³-hybridized carbons (Fsp3) is 0.515. The summed E-state index contributed by atoms with van der Waals surface area (Å²) in [5.74, 6) is 2.65. The Morgan fingerprint density at radius 1 is 0.905 bits per heavy atom. The maximum Gasteiger partial charge on any atom is 0.222 e. The molecular weight excluding hydrogens is 546 g/mol. The number of ether oxygens (including phenoxy) is 1. The number of aromatic nitrogens is 3. The van der Waals surface area contributed by atoms with Crippen molar-refractivity contribution in [3.63, 3.8) is 0 Å². The van der Waals surface area contributed by atoms with Gasteiger partial charge in [-0.1, -0.05) is 81.1 Å². The van der Waals surface area contributed by atoms with Gasteiger partial charge < -0.3 is 14.5 Å².